The van der Waals surface area contributed by atoms with Crippen molar-refractivity contribution in [1.29, 1.82) is 0 Å². The summed E-state index contributed by atoms with van der Waals surface area (Å²) in [5, 5.41) is 9.37. The molecule has 37 heavy (non-hydrogen) atoms. The first-order chi connectivity index (χ1) is 18.1. The van der Waals surface area contributed by atoms with Crippen LogP contribution < -0.4 is 4.90 Å². The van der Waals surface area contributed by atoms with Gasteiger partial charge >= 0.3 is 0 Å². The molecule has 0 spiro atoms. The van der Waals surface area contributed by atoms with Gasteiger partial charge in [0.1, 0.15) is 12.3 Å². The van der Waals surface area contributed by atoms with Gasteiger partial charge in [-0.2, -0.15) is 0 Å². The molecule has 0 unspecified atom stereocenters. The first-order valence-corrected chi connectivity index (χ1v) is 12.4. The normalized spacial score (nSPS) is 13.4. The Hall–Kier alpha value is -4.17. The molecular weight excluding hydrogens is 490 g/mol. The second-order valence-electron chi connectivity index (χ2n) is 8.73. The topological polar surface area (TPSA) is 82.8 Å². The fourth-order valence-electron chi connectivity index (χ4n) is 4.31. The van der Waals surface area contributed by atoms with E-state index in [1.165, 1.54) is 4.90 Å². The summed E-state index contributed by atoms with van der Waals surface area (Å²) in [4.78, 5) is 31.8. The van der Waals surface area contributed by atoms with Crippen LogP contribution in [0.1, 0.15) is 16.1 Å². The summed E-state index contributed by atoms with van der Waals surface area (Å²) in [5.41, 5.74) is 2.08. The van der Waals surface area contributed by atoms with Gasteiger partial charge in [0.05, 0.1) is 23.5 Å². The van der Waals surface area contributed by atoms with E-state index in [0.29, 0.717) is 48.2 Å². The van der Waals surface area contributed by atoms with Gasteiger partial charge in [0.15, 0.2) is 5.82 Å². The predicted octanol–water partition coefficient (Wildman–Crippen LogP) is 4.38. The molecule has 1 fully saturated rings. The van der Waals surface area contributed by atoms with Crippen LogP contribution in [0.2, 0.25) is 5.02 Å². The molecule has 3 heterocycles. The lowest BCUT2D eigenvalue weighted by Gasteiger charge is -2.36. The number of rotatable bonds is 7. The van der Waals surface area contributed by atoms with Gasteiger partial charge in [0, 0.05) is 37.3 Å². The Balaban J connectivity index is 1.21. The van der Waals surface area contributed by atoms with E-state index in [1.807, 2.05) is 54.6 Å². The largest absolute Gasteiger partial charge is 0.467 e. The van der Waals surface area contributed by atoms with Crippen LogP contribution >= 0.6 is 11.6 Å². The minimum Gasteiger partial charge on any atom is -0.467 e. The van der Waals surface area contributed by atoms with Crippen molar-refractivity contribution in [2.45, 2.75) is 6.54 Å². The van der Waals surface area contributed by atoms with Crippen molar-refractivity contribution in [3.8, 4) is 11.3 Å². The summed E-state index contributed by atoms with van der Waals surface area (Å²) >= 11 is 6.28. The quantitative estimate of drug-likeness (QED) is 0.363. The van der Waals surface area contributed by atoms with Crippen LogP contribution in [-0.2, 0) is 11.3 Å². The van der Waals surface area contributed by atoms with Gasteiger partial charge in [0.2, 0.25) is 5.91 Å². The summed E-state index contributed by atoms with van der Waals surface area (Å²) in [7, 11) is 0. The zero-order valence-electron chi connectivity index (χ0n) is 20.2. The third kappa shape index (κ3) is 5.81. The van der Waals surface area contributed by atoms with E-state index in [4.69, 9.17) is 16.0 Å². The lowest BCUT2D eigenvalue weighted by molar-refractivity contribution is -0.132. The number of carbonyl (C=O) groups excluding carboxylic acids is 2. The van der Waals surface area contributed by atoms with Crippen LogP contribution in [0.5, 0.6) is 0 Å². The second-order valence-corrected chi connectivity index (χ2v) is 9.14. The molecule has 9 heteroatoms. The molecule has 2 aromatic carbocycles. The molecule has 0 bridgehead atoms. The maximum Gasteiger partial charge on any atom is 0.254 e. The highest BCUT2D eigenvalue weighted by atomic mass is 35.5. The third-order valence-corrected chi connectivity index (χ3v) is 6.65. The zero-order chi connectivity index (χ0) is 25.6. The van der Waals surface area contributed by atoms with Crippen LogP contribution in [0.25, 0.3) is 11.3 Å². The Morgan fingerprint density at radius 3 is 2.30 bits per heavy atom. The molecule has 2 amide bonds. The Morgan fingerprint density at radius 2 is 1.62 bits per heavy atom. The molecule has 1 aliphatic heterocycles. The number of anilines is 1. The number of hydrogen-bond acceptors (Lipinski definition) is 6. The van der Waals surface area contributed by atoms with Crippen molar-refractivity contribution in [3.63, 3.8) is 0 Å². The van der Waals surface area contributed by atoms with E-state index in [9.17, 15) is 9.59 Å². The SMILES string of the molecule is O=C(CN(Cc1ccco1)C(=O)c1ccccc1)N1CCN(c2ccc(-c3ccccc3Cl)nn2)CC1. The molecule has 0 N–H and O–H groups in total. The molecule has 0 saturated carbocycles. The summed E-state index contributed by atoms with van der Waals surface area (Å²) in [6, 6.07) is 23.9. The van der Waals surface area contributed by atoms with Crippen LogP contribution in [0.15, 0.2) is 89.5 Å². The van der Waals surface area contributed by atoms with Crippen LogP contribution in [-0.4, -0.2) is 64.5 Å². The number of carbonyl (C=O) groups is 2. The predicted molar refractivity (Wildman–Crippen MR) is 141 cm³/mol. The molecule has 1 saturated heterocycles. The van der Waals surface area contributed by atoms with E-state index >= 15 is 0 Å². The smallest absolute Gasteiger partial charge is 0.254 e. The molecule has 0 radical (unpaired) electrons. The summed E-state index contributed by atoms with van der Waals surface area (Å²) in [5.74, 6) is 1.07. The Labute approximate surface area is 220 Å². The molecule has 188 valence electrons. The molecule has 4 aromatic rings. The molecule has 2 aromatic heterocycles. The number of halogens is 1. The minimum absolute atomic E-state index is 0.0270. The molecule has 1 aliphatic rings. The van der Waals surface area contributed by atoms with Crippen LogP contribution in [0.3, 0.4) is 0 Å². The highest BCUT2D eigenvalue weighted by Crippen LogP contribution is 2.26. The maximum absolute atomic E-state index is 13.2. The van der Waals surface area contributed by atoms with Crippen molar-refractivity contribution in [3.05, 3.63) is 101 Å². The lowest BCUT2D eigenvalue weighted by atomic mass is 10.1. The van der Waals surface area contributed by atoms with Gasteiger partial charge in [-0.25, -0.2) is 0 Å². The standard InChI is InChI=1S/C28H26ClN5O3/c29-24-11-5-4-10-23(24)25-12-13-26(31-30-25)32-14-16-33(17-15-32)27(35)20-34(19-22-9-6-18-37-22)28(36)21-7-2-1-3-8-21/h1-13,18H,14-17,19-20H2. The second kappa shape index (κ2) is 11.3. The summed E-state index contributed by atoms with van der Waals surface area (Å²) in [6.45, 7) is 2.50. The van der Waals surface area contributed by atoms with Crippen molar-refractivity contribution in [2.75, 3.05) is 37.6 Å². The molecule has 8 nitrogen and oxygen atoms in total. The Kier molecular flexibility index (Phi) is 7.46. The van der Waals surface area contributed by atoms with E-state index in [-0.39, 0.29) is 24.9 Å². The van der Waals surface area contributed by atoms with Crippen LogP contribution in [0, 0.1) is 0 Å². The van der Waals surface area contributed by atoms with E-state index in [0.717, 1.165) is 11.4 Å². The summed E-state index contributed by atoms with van der Waals surface area (Å²) < 4.78 is 5.44. The molecule has 0 aliphatic carbocycles. The number of benzene rings is 2. The van der Waals surface area contributed by atoms with Gasteiger partial charge in [-0.3, -0.25) is 9.59 Å². The number of amides is 2. The fourth-order valence-corrected chi connectivity index (χ4v) is 4.54. The van der Waals surface area contributed by atoms with Crippen molar-refractivity contribution in [1.82, 2.24) is 20.0 Å². The van der Waals surface area contributed by atoms with Gasteiger partial charge in [-0.1, -0.05) is 48.0 Å². The number of hydrogen-bond donors (Lipinski definition) is 0. The summed E-state index contributed by atoms with van der Waals surface area (Å²) in [6.07, 6.45) is 1.56. The number of nitrogens with zero attached hydrogens (tertiary/aromatic N) is 5. The van der Waals surface area contributed by atoms with Crippen molar-refractivity contribution in [2.24, 2.45) is 0 Å². The molecule has 0 atom stereocenters. The van der Waals surface area contributed by atoms with E-state index in [2.05, 4.69) is 15.1 Å². The number of aromatic nitrogens is 2. The third-order valence-electron chi connectivity index (χ3n) is 6.32. The highest BCUT2D eigenvalue weighted by Gasteiger charge is 2.26. The molecule has 5 rings (SSSR count). The van der Waals surface area contributed by atoms with E-state index in [1.54, 1.807) is 35.4 Å². The first kappa shape index (κ1) is 24.5. The van der Waals surface area contributed by atoms with Crippen molar-refractivity contribution >= 4 is 29.2 Å². The van der Waals surface area contributed by atoms with Gasteiger partial charge in [-0.15, -0.1) is 10.2 Å². The number of furan rings is 1. The lowest BCUT2D eigenvalue weighted by Crippen LogP contribution is -2.52. The first-order valence-electron chi connectivity index (χ1n) is 12.1. The van der Waals surface area contributed by atoms with Gasteiger partial charge < -0.3 is 19.1 Å². The van der Waals surface area contributed by atoms with Gasteiger partial charge in [-0.05, 0) is 42.5 Å². The minimum atomic E-state index is -0.210. The Bertz CT molecular complexity index is 1340. The average Bonchev–Trinajstić information content (AvgIpc) is 3.46. The number of piperazine rings is 1. The van der Waals surface area contributed by atoms with Crippen molar-refractivity contribution < 1.29 is 14.0 Å². The Morgan fingerprint density at radius 1 is 0.865 bits per heavy atom. The fraction of sp³-hybridized carbons (Fsp3) is 0.214. The average molecular weight is 516 g/mol. The van der Waals surface area contributed by atoms with Gasteiger partial charge in [0.25, 0.3) is 5.91 Å². The monoisotopic (exact) mass is 515 g/mol. The zero-order valence-corrected chi connectivity index (χ0v) is 20.9. The van der Waals surface area contributed by atoms with E-state index < -0.39 is 0 Å². The molecular formula is C28H26ClN5O3. The highest BCUT2D eigenvalue weighted by molar-refractivity contribution is 6.33. The maximum atomic E-state index is 13.2. The van der Waals surface area contributed by atoms with Crippen LogP contribution in [0.4, 0.5) is 5.82 Å².